The van der Waals surface area contributed by atoms with E-state index in [1.54, 1.807) is 0 Å². The van der Waals surface area contributed by atoms with E-state index in [0.717, 1.165) is 63.1 Å². The number of rotatable bonds is 5. The number of nitrogens with zero attached hydrogens (tertiary/aromatic N) is 4. The van der Waals surface area contributed by atoms with Crippen molar-refractivity contribution in [1.82, 2.24) is 15.3 Å². The van der Waals surface area contributed by atoms with E-state index in [1.165, 1.54) is 0 Å². The summed E-state index contributed by atoms with van der Waals surface area (Å²) in [5.74, 6) is 2.63. The summed E-state index contributed by atoms with van der Waals surface area (Å²) < 4.78 is 0. The Hall–Kier alpha value is -4.64. The lowest BCUT2D eigenvalue weighted by molar-refractivity contribution is 0.659. The highest BCUT2D eigenvalue weighted by Gasteiger charge is 2.24. The van der Waals surface area contributed by atoms with Crippen LogP contribution in [0, 0.1) is 19.8 Å². The maximum atomic E-state index is 5.01. The third kappa shape index (κ3) is 5.09. The largest absolute Gasteiger partial charge is 0.344 e. The maximum Gasteiger partial charge on any atom is 0.159 e. The number of amidine groups is 2. The molecule has 1 aliphatic heterocycles. The van der Waals surface area contributed by atoms with Gasteiger partial charge in [-0.2, -0.15) is 0 Å². The van der Waals surface area contributed by atoms with Crippen molar-refractivity contribution >= 4 is 11.7 Å². The normalized spacial score (nSPS) is 18.5. The lowest BCUT2D eigenvalue weighted by Gasteiger charge is -2.26. The van der Waals surface area contributed by atoms with Gasteiger partial charge in [0.15, 0.2) is 5.82 Å². The molecule has 0 fully saturated rings. The Bertz CT molecular complexity index is 1560. The Labute approximate surface area is 223 Å². The van der Waals surface area contributed by atoms with E-state index in [0.29, 0.717) is 0 Å². The predicted octanol–water partition coefficient (Wildman–Crippen LogP) is 7.01. The fraction of sp³-hybridized carbons (Fsp3) is 0.152. The SMILES string of the molecule is Cc1cc(C)nc(-c2ccc(-c3cccc(C4=NC(C5C=CC=CC5)=NC(c5ccccc5)N4)c3)cc2)n1. The summed E-state index contributed by atoms with van der Waals surface area (Å²) in [7, 11) is 0. The average molecular weight is 496 g/mol. The number of aliphatic imine (C=N–C) groups is 2. The van der Waals surface area contributed by atoms with Gasteiger partial charge in [-0.05, 0) is 49.1 Å². The van der Waals surface area contributed by atoms with E-state index in [-0.39, 0.29) is 12.1 Å². The molecule has 2 aliphatic rings. The first-order valence-corrected chi connectivity index (χ1v) is 13.0. The second-order valence-electron chi connectivity index (χ2n) is 9.69. The van der Waals surface area contributed by atoms with Crippen molar-refractivity contribution < 1.29 is 0 Å². The molecule has 38 heavy (non-hydrogen) atoms. The summed E-state index contributed by atoms with van der Waals surface area (Å²) in [6.07, 6.45) is 9.25. The fourth-order valence-electron chi connectivity index (χ4n) is 4.87. The first-order valence-electron chi connectivity index (χ1n) is 13.0. The molecule has 1 aliphatic carbocycles. The standard InChI is InChI=1S/C33H29N5/c1-22-20-23(2)35-30(34-22)27-18-16-24(17-19-27)28-14-9-15-29(21-28)33-37-31(25-10-5-3-6-11-25)36-32(38-33)26-12-7-4-8-13-26/h3-12,14-21,26,31H,13H2,1-2H3,(H,36,37,38). The molecular weight excluding hydrogens is 466 g/mol. The van der Waals surface area contributed by atoms with Gasteiger partial charge in [0.05, 0.1) is 0 Å². The van der Waals surface area contributed by atoms with Crippen molar-refractivity contribution in [1.29, 1.82) is 0 Å². The Morgan fingerprint density at radius 3 is 2.18 bits per heavy atom. The van der Waals surface area contributed by atoms with Crippen LogP contribution in [0.1, 0.15) is 35.1 Å². The highest BCUT2D eigenvalue weighted by Crippen LogP contribution is 2.27. The van der Waals surface area contributed by atoms with Crippen LogP contribution in [0.3, 0.4) is 0 Å². The molecule has 4 aromatic rings. The zero-order valence-corrected chi connectivity index (χ0v) is 21.5. The number of aromatic nitrogens is 2. The summed E-state index contributed by atoms with van der Waals surface area (Å²) in [6, 6.07) is 29.3. The van der Waals surface area contributed by atoms with Gasteiger partial charge in [0.1, 0.15) is 17.8 Å². The third-order valence-corrected chi connectivity index (χ3v) is 6.78. The topological polar surface area (TPSA) is 62.5 Å². The summed E-state index contributed by atoms with van der Waals surface area (Å²) in [5, 5.41) is 3.58. The number of benzene rings is 3. The first kappa shape index (κ1) is 23.7. The van der Waals surface area contributed by atoms with Crippen molar-refractivity contribution in [2.45, 2.75) is 26.4 Å². The van der Waals surface area contributed by atoms with E-state index in [4.69, 9.17) is 9.98 Å². The Morgan fingerprint density at radius 2 is 1.45 bits per heavy atom. The van der Waals surface area contributed by atoms with Crippen molar-refractivity contribution in [3.8, 4) is 22.5 Å². The summed E-state index contributed by atoms with van der Waals surface area (Å²) in [4.78, 5) is 19.2. The molecular formula is C33H29N5. The highest BCUT2D eigenvalue weighted by molar-refractivity contribution is 6.09. The van der Waals surface area contributed by atoms with Crippen LogP contribution in [-0.2, 0) is 0 Å². The van der Waals surface area contributed by atoms with E-state index >= 15 is 0 Å². The Balaban J connectivity index is 1.32. The van der Waals surface area contributed by atoms with E-state index in [9.17, 15) is 0 Å². The summed E-state index contributed by atoms with van der Waals surface area (Å²) in [6.45, 7) is 4.00. The minimum Gasteiger partial charge on any atom is -0.344 e. The van der Waals surface area contributed by atoms with Crippen LogP contribution in [0.15, 0.2) is 119 Å². The average Bonchev–Trinajstić information content (AvgIpc) is 2.97. The van der Waals surface area contributed by atoms with Crippen molar-refractivity contribution in [2.75, 3.05) is 0 Å². The monoisotopic (exact) mass is 495 g/mol. The molecule has 2 atom stereocenters. The van der Waals surface area contributed by atoms with E-state index in [2.05, 4.69) is 100 Å². The van der Waals surface area contributed by atoms with Crippen LogP contribution in [0.4, 0.5) is 0 Å². The fourth-order valence-corrected chi connectivity index (χ4v) is 4.87. The van der Waals surface area contributed by atoms with Crippen LogP contribution in [0.25, 0.3) is 22.5 Å². The first-order chi connectivity index (χ1) is 18.6. The second kappa shape index (κ2) is 10.4. The van der Waals surface area contributed by atoms with Gasteiger partial charge < -0.3 is 5.32 Å². The minimum atomic E-state index is -0.182. The number of hydrogen-bond donors (Lipinski definition) is 1. The van der Waals surface area contributed by atoms with Gasteiger partial charge in [-0.15, -0.1) is 0 Å². The van der Waals surface area contributed by atoms with Crippen LogP contribution in [0.2, 0.25) is 0 Å². The molecule has 2 unspecified atom stereocenters. The number of nitrogens with one attached hydrogen (secondary N) is 1. The quantitative estimate of drug-likeness (QED) is 0.324. The van der Waals surface area contributed by atoms with Gasteiger partial charge in [0, 0.05) is 28.4 Å². The van der Waals surface area contributed by atoms with Gasteiger partial charge in [0.25, 0.3) is 0 Å². The summed E-state index contributed by atoms with van der Waals surface area (Å²) >= 11 is 0. The van der Waals surface area contributed by atoms with Gasteiger partial charge in [0.2, 0.25) is 0 Å². The molecule has 0 saturated heterocycles. The Morgan fingerprint density at radius 1 is 0.711 bits per heavy atom. The zero-order valence-electron chi connectivity index (χ0n) is 21.5. The smallest absolute Gasteiger partial charge is 0.159 e. The Kier molecular flexibility index (Phi) is 6.49. The number of hydrogen-bond acceptors (Lipinski definition) is 5. The molecule has 5 heteroatoms. The molecule has 0 saturated carbocycles. The lowest BCUT2D eigenvalue weighted by atomic mass is 9.98. The van der Waals surface area contributed by atoms with Crippen molar-refractivity contribution in [2.24, 2.45) is 15.9 Å². The number of allylic oxidation sites excluding steroid dienone is 3. The number of aryl methyl sites for hydroxylation is 2. The van der Waals surface area contributed by atoms with Gasteiger partial charge in [-0.1, -0.05) is 97.1 Å². The predicted molar refractivity (Wildman–Crippen MR) is 155 cm³/mol. The maximum absolute atomic E-state index is 5.01. The van der Waals surface area contributed by atoms with E-state index < -0.39 is 0 Å². The summed E-state index contributed by atoms with van der Waals surface area (Å²) in [5.41, 5.74) is 7.37. The second-order valence-corrected chi connectivity index (χ2v) is 9.69. The zero-order chi connectivity index (χ0) is 25.9. The molecule has 0 amide bonds. The molecule has 1 N–H and O–H groups in total. The van der Waals surface area contributed by atoms with Crippen LogP contribution >= 0.6 is 0 Å². The third-order valence-electron chi connectivity index (χ3n) is 6.78. The minimum absolute atomic E-state index is 0.173. The van der Waals surface area contributed by atoms with Crippen molar-refractivity contribution in [3.63, 3.8) is 0 Å². The van der Waals surface area contributed by atoms with Gasteiger partial charge >= 0.3 is 0 Å². The molecule has 1 aromatic heterocycles. The molecule has 3 aromatic carbocycles. The molecule has 2 heterocycles. The molecule has 5 nitrogen and oxygen atoms in total. The van der Waals surface area contributed by atoms with Crippen LogP contribution in [0.5, 0.6) is 0 Å². The van der Waals surface area contributed by atoms with Gasteiger partial charge in [-0.25, -0.2) is 20.0 Å². The molecule has 6 rings (SSSR count). The molecule has 0 radical (unpaired) electrons. The lowest BCUT2D eigenvalue weighted by Crippen LogP contribution is -2.35. The van der Waals surface area contributed by atoms with Crippen LogP contribution in [-0.4, -0.2) is 21.6 Å². The van der Waals surface area contributed by atoms with Crippen molar-refractivity contribution in [3.05, 3.63) is 132 Å². The van der Waals surface area contributed by atoms with Gasteiger partial charge in [-0.3, -0.25) is 0 Å². The molecule has 0 bridgehead atoms. The highest BCUT2D eigenvalue weighted by atomic mass is 15.2. The molecule has 0 spiro atoms. The van der Waals surface area contributed by atoms with Crippen LogP contribution < -0.4 is 5.32 Å². The van der Waals surface area contributed by atoms with E-state index in [1.807, 2.05) is 38.1 Å². The molecule has 186 valence electrons.